The zero-order chi connectivity index (χ0) is 18.8. The van der Waals surface area contributed by atoms with Crippen LogP contribution < -0.4 is 10.6 Å². The molecule has 0 bridgehead atoms. The van der Waals surface area contributed by atoms with E-state index in [-0.39, 0.29) is 10.6 Å². The van der Waals surface area contributed by atoms with Gasteiger partial charge in [-0.15, -0.1) is 11.3 Å². The number of carbonyl (C=O) groups excluding carboxylic acids is 1. The molecule has 1 aromatic rings. The van der Waals surface area contributed by atoms with Gasteiger partial charge < -0.3 is 5.32 Å². The van der Waals surface area contributed by atoms with E-state index < -0.39 is 29.7 Å². The van der Waals surface area contributed by atoms with Crippen molar-refractivity contribution in [1.82, 2.24) is 10.6 Å². The van der Waals surface area contributed by atoms with E-state index in [4.69, 9.17) is 5.26 Å². The normalized spacial score (nSPS) is 20.8. The number of nitrogens with one attached hydrogen (secondary N) is 2. The van der Waals surface area contributed by atoms with Gasteiger partial charge in [-0.05, 0) is 48.8 Å². The molecule has 1 amide bonds. The van der Waals surface area contributed by atoms with Gasteiger partial charge in [-0.3, -0.25) is 10.1 Å². The van der Waals surface area contributed by atoms with Crippen LogP contribution in [-0.4, -0.2) is 35.2 Å². The highest BCUT2D eigenvalue weighted by Gasteiger charge is 2.47. The Balaban J connectivity index is 1.69. The molecule has 0 saturated heterocycles. The summed E-state index contributed by atoms with van der Waals surface area (Å²) in [6.45, 7) is 0. The van der Waals surface area contributed by atoms with Gasteiger partial charge in [0.15, 0.2) is 0 Å². The molecule has 2 aliphatic carbocycles. The van der Waals surface area contributed by atoms with Crippen LogP contribution in [0.5, 0.6) is 0 Å². The second-order valence-corrected chi connectivity index (χ2v) is 8.93. The van der Waals surface area contributed by atoms with Crippen molar-refractivity contribution in [2.45, 2.75) is 49.5 Å². The number of nitrogens with zero attached hydrogens (tertiary/aromatic N) is 1. The van der Waals surface area contributed by atoms with E-state index in [2.05, 4.69) is 10.6 Å². The second kappa shape index (κ2) is 7.79. The average molecular weight is 403 g/mol. The van der Waals surface area contributed by atoms with E-state index >= 15 is 0 Å². The maximum atomic E-state index is 13.5. The van der Waals surface area contributed by atoms with Crippen LogP contribution in [-0.2, 0) is 4.79 Å². The van der Waals surface area contributed by atoms with E-state index in [9.17, 15) is 18.0 Å². The lowest BCUT2D eigenvalue weighted by atomic mass is 10.1. The molecule has 9 heteroatoms. The van der Waals surface area contributed by atoms with Crippen molar-refractivity contribution < 1.29 is 18.0 Å². The number of rotatable bonds is 9. The molecule has 2 aliphatic rings. The second-order valence-electron chi connectivity index (χ2n) is 6.87. The van der Waals surface area contributed by atoms with Gasteiger partial charge in [0.05, 0.1) is 12.1 Å². The van der Waals surface area contributed by atoms with E-state index in [1.165, 1.54) is 17.8 Å². The maximum Gasteiger partial charge on any atom is 0.408 e. The van der Waals surface area contributed by atoms with E-state index in [0.29, 0.717) is 18.8 Å². The first-order valence-electron chi connectivity index (χ1n) is 8.50. The van der Waals surface area contributed by atoms with Crippen molar-refractivity contribution in [2.24, 2.45) is 5.92 Å². The molecule has 0 radical (unpaired) electrons. The van der Waals surface area contributed by atoms with Gasteiger partial charge >= 0.3 is 6.18 Å². The molecule has 1 heterocycles. The lowest BCUT2D eigenvalue weighted by molar-refractivity contribution is -0.159. The summed E-state index contributed by atoms with van der Waals surface area (Å²) in [4.78, 5) is 12.7. The molecule has 142 valence electrons. The Morgan fingerprint density at radius 1 is 1.46 bits per heavy atom. The van der Waals surface area contributed by atoms with Crippen molar-refractivity contribution in [3.8, 4) is 6.07 Å². The van der Waals surface area contributed by atoms with E-state index in [1.54, 1.807) is 11.4 Å². The fourth-order valence-corrected chi connectivity index (χ4v) is 4.64. The number of alkyl halides is 3. The lowest BCUT2D eigenvalue weighted by Gasteiger charge is -2.27. The van der Waals surface area contributed by atoms with Gasteiger partial charge in [0.2, 0.25) is 5.91 Å². The Kier molecular flexibility index (Phi) is 5.85. The van der Waals surface area contributed by atoms with E-state index in [1.807, 2.05) is 6.07 Å². The molecule has 1 unspecified atom stereocenters. The zero-order valence-electron chi connectivity index (χ0n) is 14.0. The van der Waals surface area contributed by atoms with Crippen LogP contribution in [0.2, 0.25) is 0 Å². The SMILES string of the molecule is N#CC1(NC(=O)C(CSCC2CC2)N[C@@H](c2cccs2)C(F)(F)F)CC1. The third kappa shape index (κ3) is 5.15. The van der Waals surface area contributed by atoms with Crippen molar-refractivity contribution >= 4 is 29.0 Å². The summed E-state index contributed by atoms with van der Waals surface area (Å²) in [6.07, 6.45) is -1.11. The monoisotopic (exact) mass is 403 g/mol. The summed E-state index contributed by atoms with van der Waals surface area (Å²) in [7, 11) is 0. The first kappa shape index (κ1) is 19.5. The molecule has 26 heavy (non-hydrogen) atoms. The fraction of sp³-hybridized carbons (Fsp3) is 0.647. The highest BCUT2D eigenvalue weighted by atomic mass is 32.2. The molecule has 1 aromatic heterocycles. The Morgan fingerprint density at radius 2 is 2.19 bits per heavy atom. The molecule has 4 nitrogen and oxygen atoms in total. The maximum absolute atomic E-state index is 13.5. The molecule has 2 fully saturated rings. The number of nitriles is 1. The molecular weight excluding hydrogens is 383 g/mol. The summed E-state index contributed by atoms with van der Waals surface area (Å²) in [6, 6.07) is 2.13. The lowest BCUT2D eigenvalue weighted by Crippen LogP contribution is -2.52. The molecule has 0 spiro atoms. The Hall–Kier alpha value is -1.24. The van der Waals surface area contributed by atoms with Crippen LogP contribution >= 0.6 is 23.1 Å². The summed E-state index contributed by atoms with van der Waals surface area (Å²) in [5.41, 5.74) is -0.894. The smallest absolute Gasteiger partial charge is 0.336 e. The number of hydrogen-bond acceptors (Lipinski definition) is 5. The highest BCUT2D eigenvalue weighted by molar-refractivity contribution is 7.99. The number of thioether (sulfide) groups is 1. The van der Waals surface area contributed by atoms with Crippen LogP contribution in [0.4, 0.5) is 13.2 Å². The summed E-state index contributed by atoms with van der Waals surface area (Å²) >= 11 is 2.50. The van der Waals surface area contributed by atoms with Crippen molar-refractivity contribution in [1.29, 1.82) is 5.26 Å². The predicted molar refractivity (Wildman–Crippen MR) is 95.8 cm³/mol. The Morgan fingerprint density at radius 3 is 2.69 bits per heavy atom. The van der Waals surface area contributed by atoms with Crippen LogP contribution in [0.3, 0.4) is 0 Å². The van der Waals surface area contributed by atoms with E-state index in [0.717, 1.165) is 29.9 Å². The zero-order valence-corrected chi connectivity index (χ0v) is 15.6. The van der Waals surface area contributed by atoms with Crippen molar-refractivity contribution in [2.75, 3.05) is 11.5 Å². The van der Waals surface area contributed by atoms with Gasteiger partial charge in [-0.25, -0.2) is 0 Å². The van der Waals surface area contributed by atoms with Crippen LogP contribution in [0.25, 0.3) is 0 Å². The number of carbonyl (C=O) groups is 1. The third-order valence-corrected chi connectivity index (χ3v) is 6.71. The minimum atomic E-state index is -4.50. The first-order valence-corrected chi connectivity index (χ1v) is 10.5. The molecule has 2 atom stereocenters. The third-order valence-electron chi connectivity index (χ3n) is 4.50. The minimum Gasteiger partial charge on any atom is -0.336 e. The van der Waals surface area contributed by atoms with Gasteiger partial charge in [-0.1, -0.05) is 6.07 Å². The minimum absolute atomic E-state index is 0.129. The van der Waals surface area contributed by atoms with Crippen LogP contribution in [0, 0.1) is 17.2 Å². The Bertz CT molecular complexity index is 664. The number of hydrogen-bond donors (Lipinski definition) is 2. The largest absolute Gasteiger partial charge is 0.408 e. The molecule has 0 aromatic carbocycles. The quantitative estimate of drug-likeness (QED) is 0.661. The molecule has 2 N–H and O–H groups in total. The molecule has 0 aliphatic heterocycles. The van der Waals surface area contributed by atoms with Crippen molar-refractivity contribution in [3.63, 3.8) is 0 Å². The number of amides is 1. The summed E-state index contributed by atoms with van der Waals surface area (Å²) in [5.74, 6) is 1.19. The fourth-order valence-electron chi connectivity index (χ4n) is 2.54. The summed E-state index contributed by atoms with van der Waals surface area (Å²) < 4.78 is 40.6. The number of thiophene rings is 1. The van der Waals surface area contributed by atoms with Gasteiger partial charge in [-0.2, -0.15) is 30.2 Å². The first-order chi connectivity index (χ1) is 12.3. The van der Waals surface area contributed by atoms with Crippen LogP contribution in [0.15, 0.2) is 17.5 Å². The Labute approximate surface area is 158 Å². The molecular formula is C17H20F3N3OS2. The van der Waals surface area contributed by atoms with Gasteiger partial charge in [0.25, 0.3) is 0 Å². The van der Waals surface area contributed by atoms with Gasteiger partial charge in [0.1, 0.15) is 11.6 Å². The average Bonchev–Trinajstić information content (AvgIpc) is 3.49. The van der Waals surface area contributed by atoms with Crippen LogP contribution in [0.1, 0.15) is 36.6 Å². The van der Waals surface area contributed by atoms with Crippen molar-refractivity contribution in [3.05, 3.63) is 22.4 Å². The highest BCUT2D eigenvalue weighted by Crippen LogP contribution is 2.37. The summed E-state index contributed by atoms with van der Waals surface area (Å²) in [5, 5.41) is 15.9. The predicted octanol–water partition coefficient (Wildman–Crippen LogP) is 3.63. The van der Waals surface area contributed by atoms with Gasteiger partial charge in [0, 0.05) is 10.6 Å². The number of halogens is 3. The topological polar surface area (TPSA) is 64.9 Å². The molecule has 3 rings (SSSR count). The standard InChI is InChI=1S/C17H20F3N3OS2/c18-17(19,20)14(13-2-1-7-26-13)22-12(9-25-8-11-3-4-11)15(24)23-16(10-21)5-6-16/h1-2,7,11-12,14,22H,3-6,8-9H2,(H,23,24)/t12?,14-/m0/s1. The molecule has 2 saturated carbocycles.